The Balaban J connectivity index is 2.86. The van der Waals surface area contributed by atoms with Crippen molar-refractivity contribution in [3.8, 4) is 0 Å². The minimum Gasteiger partial charge on any atom is -0.383 e. The van der Waals surface area contributed by atoms with Crippen molar-refractivity contribution in [2.75, 3.05) is 0 Å². The first-order valence-electron chi connectivity index (χ1n) is 5.35. The van der Waals surface area contributed by atoms with Crippen LogP contribution in [-0.2, 0) is 12.6 Å². The summed E-state index contributed by atoms with van der Waals surface area (Å²) in [5.74, 6) is 0. The molecule has 1 rings (SSSR count). The molecule has 0 spiro atoms. The molecule has 1 N–H and O–H groups in total. The third-order valence-corrected chi connectivity index (χ3v) is 2.52. The van der Waals surface area contributed by atoms with Crippen molar-refractivity contribution in [2.45, 2.75) is 45.1 Å². The molecule has 0 saturated heterocycles. The molecule has 1 heterocycles. The Hall–Kier alpha value is -0.830. The van der Waals surface area contributed by atoms with Crippen LogP contribution in [0.25, 0.3) is 0 Å². The van der Waals surface area contributed by atoms with Crippen LogP contribution in [0.2, 0.25) is 0 Å². The summed E-state index contributed by atoms with van der Waals surface area (Å²) in [4.78, 5) is 0. The van der Waals surface area contributed by atoms with E-state index in [2.05, 4.69) is 18.9 Å². The lowest BCUT2D eigenvalue weighted by Gasteiger charge is -2.25. The van der Waals surface area contributed by atoms with Gasteiger partial charge in [-0.05, 0) is 18.9 Å². The molecule has 80 valence electrons. The molecule has 3 nitrogen and oxygen atoms in total. The first kappa shape index (κ1) is 11.2. The zero-order valence-corrected chi connectivity index (χ0v) is 9.32. The predicted octanol–water partition coefficient (Wildman–Crippen LogP) is 2.21. The van der Waals surface area contributed by atoms with Crippen LogP contribution in [0.4, 0.5) is 0 Å². The second-order valence-electron chi connectivity index (χ2n) is 3.91. The van der Waals surface area contributed by atoms with Gasteiger partial charge < -0.3 is 5.11 Å². The van der Waals surface area contributed by atoms with Crippen molar-refractivity contribution in [1.29, 1.82) is 0 Å². The van der Waals surface area contributed by atoms with E-state index >= 15 is 0 Å². The third kappa shape index (κ3) is 2.35. The number of aryl methyl sites for hydroxylation is 1. The van der Waals surface area contributed by atoms with Gasteiger partial charge in [0.25, 0.3) is 0 Å². The Morgan fingerprint density at radius 2 is 1.93 bits per heavy atom. The minimum atomic E-state index is -0.717. The van der Waals surface area contributed by atoms with Crippen LogP contribution in [0.5, 0.6) is 0 Å². The van der Waals surface area contributed by atoms with Crippen LogP contribution in [0.1, 0.15) is 45.2 Å². The molecule has 0 saturated carbocycles. The maximum atomic E-state index is 10.4. The molecular weight excluding hydrogens is 176 g/mol. The number of hydrogen-bond acceptors (Lipinski definition) is 2. The van der Waals surface area contributed by atoms with Gasteiger partial charge >= 0.3 is 0 Å². The van der Waals surface area contributed by atoms with E-state index in [9.17, 15) is 5.11 Å². The lowest BCUT2D eigenvalue weighted by Crippen LogP contribution is -2.26. The molecule has 0 amide bonds. The standard InChI is InChI=1S/C11H20N2O/c1-4-7-11(14,8-5-2)10-6-9-13(3)12-10/h6,9,14H,4-5,7-8H2,1-3H3. The van der Waals surface area contributed by atoms with E-state index in [0.717, 1.165) is 31.4 Å². The summed E-state index contributed by atoms with van der Waals surface area (Å²) in [6.07, 6.45) is 5.42. The van der Waals surface area contributed by atoms with Gasteiger partial charge in [-0.2, -0.15) is 5.10 Å². The third-order valence-electron chi connectivity index (χ3n) is 2.52. The highest BCUT2D eigenvalue weighted by atomic mass is 16.3. The lowest BCUT2D eigenvalue weighted by molar-refractivity contribution is 0.0122. The average Bonchev–Trinajstić information content (AvgIpc) is 2.53. The number of aromatic nitrogens is 2. The van der Waals surface area contributed by atoms with Crippen molar-refractivity contribution in [3.63, 3.8) is 0 Å². The lowest BCUT2D eigenvalue weighted by atomic mass is 9.89. The highest BCUT2D eigenvalue weighted by Gasteiger charge is 2.29. The van der Waals surface area contributed by atoms with Crippen LogP contribution in [0, 0.1) is 0 Å². The van der Waals surface area contributed by atoms with Gasteiger partial charge in [-0.15, -0.1) is 0 Å². The van der Waals surface area contributed by atoms with Gasteiger partial charge in [-0.25, -0.2) is 0 Å². The number of rotatable bonds is 5. The van der Waals surface area contributed by atoms with Crippen LogP contribution >= 0.6 is 0 Å². The molecule has 0 radical (unpaired) electrons. The molecule has 14 heavy (non-hydrogen) atoms. The van der Waals surface area contributed by atoms with Crippen LogP contribution in [0.3, 0.4) is 0 Å². The van der Waals surface area contributed by atoms with Gasteiger partial charge in [0, 0.05) is 13.2 Å². The van der Waals surface area contributed by atoms with Crippen LogP contribution < -0.4 is 0 Å². The van der Waals surface area contributed by atoms with Gasteiger partial charge in [0.15, 0.2) is 0 Å². The first-order valence-corrected chi connectivity index (χ1v) is 5.35. The fourth-order valence-electron chi connectivity index (χ4n) is 1.87. The van der Waals surface area contributed by atoms with E-state index < -0.39 is 5.60 Å². The van der Waals surface area contributed by atoms with E-state index in [1.165, 1.54) is 0 Å². The highest BCUT2D eigenvalue weighted by molar-refractivity contribution is 5.10. The fraction of sp³-hybridized carbons (Fsp3) is 0.727. The van der Waals surface area contributed by atoms with Crippen molar-refractivity contribution < 1.29 is 5.11 Å². The molecule has 1 aromatic rings. The van der Waals surface area contributed by atoms with Crippen molar-refractivity contribution in [3.05, 3.63) is 18.0 Å². The maximum Gasteiger partial charge on any atom is 0.108 e. The smallest absolute Gasteiger partial charge is 0.108 e. The van der Waals surface area contributed by atoms with E-state index in [0.29, 0.717) is 0 Å². The van der Waals surface area contributed by atoms with Gasteiger partial charge in [0.05, 0.1) is 5.69 Å². The SMILES string of the molecule is CCCC(O)(CCC)c1ccn(C)n1. The Kier molecular flexibility index (Phi) is 3.69. The van der Waals surface area contributed by atoms with Gasteiger partial charge in [-0.1, -0.05) is 26.7 Å². The quantitative estimate of drug-likeness (QED) is 0.784. The predicted molar refractivity (Wildman–Crippen MR) is 56.9 cm³/mol. The van der Waals surface area contributed by atoms with E-state index in [4.69, 9.17) is 0 Å². The van der Waals surface area contributed by atoms with Crippen molar-refractivity contribution in [2.24, 2.45) is 7.05 Å². The molecule has 0 aliphatic rings. The zero-order valence-electron chi connectivity index (χ0n) is 9.32. The Labute approximate surface area is 85.8 Å². The molecule has 0 unspecified atom stereocenters. The summed E-state index contributed by atoms with van der Waals surface area (Å²) < 4.78 is 1.74. The van der Waals surface area contributed by atoms with E-state index in [1.54, 1.807) is 4.68 Å². The van der Waals surface area contributed by atoms with Crippen LogP contribution in [0.15, 0.2) is 12.3 Å². The van der Waals surface area contributed by atoms with E-state index in [-0.39, 0.29) is 0 Å². The fourth-order valence-corrected chi connectivity index (χ4v) is 1.87. The number of nitrogens with zero attached hydrogens (tertiary/aromatic N) is 2. The molecule has 0 atom stereocenters. The second-order valence-corrected chi connectivity index (χ2v) is 3.91. The molecule has 0 aliphatic heterocycles. The van der Waals surface area contributed by atoms with Crippen molar-refractivity contribution >= 4 is 0 Å². The summed E-state index contributed by atoms with van der Waals surface area (Å²) in [6, 6.07) is 1.91. The summed E-state index contributed by atoms with van der Waals surface area (Å²) in [5.41, 5.74) is 0.0915. The molecule has 0 bridgehead atoms. The summed E-state index contributed by atoms with van der Waals surface area (Å²) in [5, 5.41) is 14.7. The molecule has 0 aliphatic carbocycles. The van der Waals surface area contributed by atoms with Gasteiger partial charge in [0.2, 0.25) is 0 Å². The minimum absolute atomic E-state index is 0.717. The Bertz CT molecular complexity index is 275. The van der Waals surface area contributed by atoms with Gasteiger partial charge in [-0.3, -0.25) is 4.68 Å². The molecule has 3 heteroatoms. The Morgan fingerprint density at radius 3 is 2.29 bits per heavy atom. The van der Waals surface area contributed by atoms with Crippen LogP contribution in [-0.4, -0.2) is 14.9 Å². The normalized spacial score (nSPS) is 12.0. The average molecular weight is 196 g/mol. The molecular formula is C11H20N2O. The largest absolute Gasteiger partial charge is 0.383 e. The van der Waals surface area contributed by atoms with Gasteiger partial charge in [0.1, 0.15) is 5.60 Å². The van der Waals surface area contributed by atoms with Crippen molar-refractivity contribution in [1.82, 2.24) is 9.78 Å². The molecule has 0 aromatic carbocycles. The zero-order chi connectivity index (χ0) is 10.6. The first-order chi connectivity index (χ1) is 6.62. The monoisotopic (exact) mass is 196 g/mol. The summed E-state index contributed by atoms with van der Waals surface area (Å²) in [6.45, 7) is 4.17. The maximum absolute atomic E-state index is 10.4. The topological polar surface area (TPSA) is 38.0 Å². The number of aliphatic hydroxyl groups is 1. The summed E-state index contributed by atoms with van der Waals surface area (Å²) >= 11 is 0. The Morgan fingerprint density at radius 1 is 1.36 bits per heavy atom. The summed E-state index contributed by atoms with van der Waals surface area (Å²) in [7, 11) is 1.88. The van der Waals surface area contributed by atoms with E-state index in [1.807, 2.05) is 19.3 Å². The number of hydrogen-bond donors (Lipinski definition) is 1. The second kappa shape index (κ2) is 4.60. The molecule has 1 aromatic heterocycles. The molecule has 0 fully saturated rings. The highest BCUT2D eigenvalue weighted by Crippen LogP contribution is 2.29.